The van der Waals surface area contributed by atoms with Crippen LogP contribution in [0.3, 0.4) is 0 Å². The number of carbonyl (C=O) groups is 1. The third-order valence-electron chi connectivity index (χ3n) is 5.90. The summed E-state index contributed by atoms with van der Waals surface area (Å²) in [5.41, 5.74) is 3.20. The molecule has 1 aliphatic heterocycles. The Morgan fingerprint density at radius 1 is 1.12 bits per heavy atom. The number of aryl methyl sites for hydroxylation is 1. The Balaban J connectivity index is 1.47. The van der Waals surface area contributed by atoms with Crippen LogP contribution in [0, 0.1) is 6.92 Å². The smallest absolute Gasteiger partial charge is 0.273 e. The van der Waals surface area contributed by atoms with Crippen molar-refractivity contribution in [2.24, 2.45) is 0 Å². The standard InChI is InChI=1S/C24H22ClN5O2/c1-14-4-8-18(22-26-10-3-11-27-22)21(28-14)24(31)30-13-16(6-5-15(30)2)23-29-19-12-17(25)7-9-20(19)32-23/h3-4,7-12,15-16H,5-6,13H2,1-2H3/t15-,16-/m1/s1. The number of aromatic nitrogens is 4. The highest BCUT2D eigenvalue weighted by Crippen LogP contribution is 2.33. The summed E-state index contributed by atoms with van der Waals surface area (Å²) >= 11 is 6.09. The van der Waals surface area contributed by atoms with Crippen molar-refractivity contribution in [3.63, 3.8) is 0 Å². The van der Waals surface area contributed by atoms with E-state index in [0.29, 0.717) is 40.1 Å². The van der Waals surface area contributed by atoms with E-state index in [2.05, 4.69) is 26.9 Å². The van der Waals surface area contributed by atoms with Crippen LogP contribution < -0.4 is 0 Å². The van der Waals surface area contributed by atoms with Gasteiger partial charge in [0, 0.05) is 35.7 Å². The Labute approximate surface area is 190 Å². The fourth-order valence-electron chi connectivity index (χ4n) is 4.16. The molecule has 5 rings (SSSR count). The van der Waals surface area contributed by atoms with E-state index in [4.69, 9.17) is 16.0 Å². The number of amides is 1. The SMILES string of the molecule is Cc1ccc(-c2ncccn2)c(C(=O)N2C[C@H](c3nc4cc(Cl)ccc4o3)CC[C@H]2C)n1. The first-order chi connectivity index (χ1) is 15.5. The van der Waals surface area contributed by atoms with Crippen LogP contribution in [0.4, 0.5) is 0 Å². The normalized spacial score (nSPS) is 18.8. The molecule has 0 radical (unpaired) electrons. The van der Waals surface area contributed by atoms with Crippen LogP contribution in [0.5, 0.6) is 0 Å². The molecule has 4 aromatic rings. The van der Waals surface area contributed by atoms with Gasteiger partial charge in [0.2, 0.25) is 0 Å². The first-order valence-corrected chi connectivity index (χ1v) is 11.0. The van der Waals surface area contributed by atoms with Gasteiger partial charge in [-0.25, -0.2) is 19.9 Å². The van der Waals surface area contributed by atoms with Gasteiger partial charge in [0.15, 0.2) is 17.3 Å². The Morgan fingerprint density at radius 3 is 2.75 bits per heavy atom. The molecule has 3 aromatic heterocycles. The second-order valence-corrected chi connectivity index (χ2v) is 8.60. The van der Waals surface area contributed by atoms with Crippen LogP contribution in [0.1, 0.15) is 47.8 Å². The summed E-state index contributed by atoms with van der Waals surface area (Å²) in [6.45, 7) is 4.44. The largest absolute Gasteiger partial charge is 0.440 e. The molecule has 0 aliphatic carbocycles. The average Bonchev–Trinajstić information content (AvgIpc) is 3.22. The highest BCUT2D eigenvalue weighted by molar-refractivity contribution is 6.31. The number of rotatable bonds is 3. The quantitative estimate of drug-likeness (QED) is 0.437. The van der Waals surface area contributed by atoms with Crippen LogP contribution in [0.2, 0.25) is 5.02 Å². The molecule has 0 spiro atoms. The lowest BCUT2D eigenvalue weighted by Crippen LogP contribution is -2.45. The van der Waals surface area contributed by atoms with Gasteiger partial charge in [0.25, 0.3) is 5.91 Å². The molecule has 0 N–H and O–H groups in total. The minimum Gasteiger partial charge on any atom is -0.440 e. The van der Waals surface area contributed by atoms with Gasteiger partial charge in [0.1, 0.15) is 11.2 Å². The van der Waals surface area contributed by atoms with Crippen molar-refractivity contribution in [3.8, 4) is 11.4 Å². The maximum atomic E-state index is 13.7. The van der Waals surface area contributed by atoms with E-state index >= 15 is 0 Å². The topological polar surface area (TPSA) is 85.0 Å². The lowest BCUT2D eigenvalue weighted by atomic mass is 9.92. The summed E-state index contributed by atoms with van der Waals surface area (Å²) in [6, 6.07) is 11.0. The summed E-state index contributed by atoms with van der Waals surface area (Å²) in [7, 11) is 0. The first kappa shape index (κ1) is 20.6. The zero-order valence-electron chi connectivity index (χ0n) is 17.8. The monoisotopic (exact) mass is 447 g/mol. The maximum Gasteiger partial charge on any atom is 0.273 e. The van der Waals surface area contributed by atoms with E-state index in [1.54, 1.807) is 30.6 Å². The Kier molecular flexibility index (Phi) is 5.35. The second-order valence-electron chi connectivity index (χ2n) is 8.17. The van der Waals surface area contributed by atoms with Crippen molar-refractivity contribution in [2.45, 2.75) is 38.6 Å². The number of hydrogen-bond acceptors (Lipinski definition) is 6. The van der Waals surface area contributed by atoms with Gasteiger partial charge < -0.3 is 9.32 Å². The summed E-state index contributed by atoms with van der Waals surface area (Å²) in [4.78, 5) is 33.4. The molecule has 1 aromatic carbocycles. The van der Waals surface area contributed by atoms with Crippen molar-refractivity contribution < 1.29 is 9.21 Å². The van der Waals surface area contributed by atoms with Gasteiger partial charge >= 0.3 is 0 Å². The predicted octanol–water partition coefficient (Wildman–Crippen LogP) is 5.05. The molecule has 1 saturated heterocycles. The summed E-state index contributed by atoms with van der Waals surface area (Å²) < 4.78 is 6.00. The fraction of sp³-hybridized carbons (Fsp3) is 0.292. The number of benzene rings is 1. The van der Waals surface area contributed by atoms with Crippen LogP contribution >= 0.6 is 11.6 Å². The summed E-state index contributed by atoms with van der Waals surface area (Å²) in [6.07, 6.45) is 5.06. The molecule has 7 nitrogen and oxygen atoms in total. The van der Waals surface area contributed by atoms with Gasteiger partial charge in [-0.05, 0) is 63.1 Å². The molecular formula is C24H22ClN5O2. The predicted molar refractivity (Wildman–Crippen MR) is 121 cm³/mol. The number of hydrogen-bond donors (Lipinski definition) is 0. The van der Waals surface area contributed by atoms with Gasteiger partial charge in [-0.3, -0.25) is 4.79 Å². The van der Waals surface area contributed by atoms with E-state index in [9.17, 15) is 4.79 Å². The molecule has 2 atom stereocenters. The third-order valence-corrected chi connectivity index (χ3v) is 6.14. The lowest BCUT2D eigenvalue weighted by Gasteiger charge is -2.37. The van der Waals surface area contributed by atoms with Gasteiger partial charge in [0.05, 0.1) is 11.5 Å². The molecule has 1 amide bonds. The number of nitrogens with zero attached hydrogens (tertiary/aromatic N) is 5. The number of fused-ring (bicyclic) bond motifs is 1. The van der Waals surface area contributed by atoms with Gasteiger partial charge in [-0.2, -0.15) is 0 Å². The lowest BCUT2D eigenvalue weighted by molar-refractivity contribution is 0.0592. The molecule has 0 saturated carbocycles. The minimum atomic E-state index is -0.132. The number of likely N-dealkylation sites (tertiary alicyclic amines) is 1. The van der Waals surface area contributed by atoms with Gasteiger partial charge in [-0.1, -0.05) is 11.6 Å². The summed E-state index contributed by atoms with van der Waals surface area (Å²) in [5, 5.41) is 0.618. The average molecular weight is 448 g/mol. The molecule has 8 heteroatoms. The molecule has 0 bridgehead atoms. The highest BCUT2D eigenvalue weighted by Gasteiger charge is 2.34. The van der Waals surface area contributed by atoms with Crippen LogP contribution in [-0.4, -0.2) is 43.3 Å². The zero-order valence-corrected chi connectivity index (χ0v) is 18.6. The maximum absolute atomic E-state index is 13.7. The number of carbonyl (C=O) groups excluding carboxylic acids is 1. The van der Waals surface area contributed by atoms with Crippen molar-refractivity contribution in [1.29, 1.82) is 0 Å². The molecule has 1 fully saturated rings. The molecule has 4 heterocycles. The summed E-state index contributed by atoms with van der Waals surface area (Å²) in [5.74, 6) is 0.992. The van der Waals surface area contributed by atoms with E-state index in [1.165, 1.54) is 0 Å². The number of oxazole rings is 1. The second kappa shape index (κ2) is 8.31. The molecule has 32 heavy (non-hydrogen) atoms. The van der Waals surface area contributed by atoms with Gasteiger partial charge in [-0.15, -0.1) is 0 Å². The highest BCUT2D eigenvalue weighted by atomic mass is 35.5. The van der Waals surface area contributed by atoms with Crippen molar-refractivity contribution in [2.75, 3.05) is 6.54 Å². The molecule has 0 unspecified atom stereocenters. The van der Waals surface area contributed by atoms with Crippen LogP contribution in [0.15, 0.2) is 53.2 Å². The third kappa shape index (κ3) is 3.84. The molecule has 1 aliphatic rings. The first-order valence-electron chi connectivity index (χ1n) is 10.6. The van der Waals surface area contributed by atoms with Crippen molar-refractivity contribution >= 4 is 28.6 Å². The Bertz CT molecular complexity index is 1290. The van der Waals surface area contributed by atoms with Crippen LogP contribution in [-0.2, 0) is 0 Å². The van der Waals surface area contributed by atoms with Crippen molar-refractivity contribution in [1.82, 2.24) is 24.8 Å². The van der Waals surface area contributed by atoms with Crippen molar-refractivity contribution in [3.05, 3.63) is 71.1 Å². The molecule has 162 valence electrons. The van der Waals surface area contributed by atoms with Crippen LogP contribution in [0.25, 0.3) is 22.5 Å². The number of halogens is 1. The van der Waals surface area contributed by atoms with E-state index in [-0.39, 0.29) is 17.9 Å². The van der Waals surface area contributed by atoms with E-state index < -0.39 is 0 Å². The Hall–Kier alpha value is -3.32. The number of pyridine rings is 1. The minimum absolute atomic E-state index is 0.00237. The fourth-order valence-corrected chi connectivity index (χ4v) is 4.33. The number of piperidine rings is 1. The Morgan fingerprint density at radius 2 is 1.94 bits per heavy atom. The molecular weight excluding hydrogens is 426 g/mol. The van der Waals surface area contributed by atoms with E-state index in [0.717, 1.165) is 24.1 Å². The zero-order chi connectivity index (χ0) is 22.2. The van der Waals surface area contributed by atoms with E-state index in [1.807, 2.05) is 30.0 Å².